The number of aliphatic hydroxyl groups is 3. The van der Waals surface area contributed by atoms with Gasteiger partial charge in [0.15, 0.2) is 5.58 Å². The van der Waals surface area contributed by atoms with Crippen LogP contribution in [0, 0.1) is 24.1 Å². The van der Waals surface area contributed by atoms with Crippen LogP contribution in [0.4, 0.5) is 4.39 Å². The molecule has 1 aromatic heterocycles. The lowest BCUT2D eigenvalue weighted by molar-refractivity contribution is -0.375. The van der Waals surface area contributed by atoms with Crippen LogP contribution in [0.2, 0.25) is 0 Å². The van der Waals surface area contributed by atoms with Gasteiger partial charge in [0.2, 0.25) is 0 Å². The molecule has 1 unspecified atom stereocenters. The number of nitriles is 1. The highest BCUT2D eigenvalue weighted by Gasteiger charge is 2.28. The molecule has 0 aliphatic heterocycles. The minimum atomic E-state index is -3.39. The number of aromatic nitrogens is 1. The summed E-state index contributed by atoms with van der Waals surface area (Å²) < 4.78 is 18.8. The predicted octanol–water partition coefficient (Wildman–Crippen LogP) is 1.80. The van der Waals surface area contributed by atoms with Crippen LogP contribution >= 0.6 is 11.8 Å². The second-order valence-electron chi connectivity index (χ2n) is 6.09. The van der Waals surface area contributed by atoms with Crippen LogP contribution in [0.15, 0.2) is 45.6 Å². The molecule has 0 radical (unpaired) electrons. The third-order valence-corrected chi connectivity index (χ3v) is 4.75. The summed E-state index contributed by atoms with van der Waals surface area (Å²) in [6, 6.07) is 11.0. The molecule has 3 aromatic rings. The molecular weight excluding hydrogens is 401 g/mol. The van der Waals surface area contributed by atoms with Gasteiger partial charge in [0, 0.05) is 0 Å². The third-order valence-electron chi connectivity index (χ3n) is 3.98. The number of nitrogens with two attached hydrogens (primary N) is 1. The van der Waals surface area contributed by atoms with Crippen LogP contribution in [-0.4, -0.2) is 31.5 Å². The summed E-state index contributed by atoms with van der Waals surface area (Å²) in [5.41, 5.74) is 6.89. The van der Waals surface area contributed by atoms with E-state index in [1.807, 2.05) is 12.3 Å². The molecule has 0 fully saturated rings. The Labute approximate surface area is 169 Å². The van der Waals surface area contributed by atoms with Gasteiger partial charge in [-0.25, -0.2) is 9.18 Å². The standard InChI is InChI=1S/C15H12FNO5.C4H8N2S/c1-8-2-3-9(6-11(8)16)10-4-5-13-12(7-10)17(14(18)22-13)15(19,20)21;1-7-4(6)2-3-5/h2-7,19-21H,1H3;4H,2,6H2,1H3. The van der Waals surface area contributed by atoms with E-state index in [0.717, 1.165) is 0 Å². The van der Waals surface area contributed by atoms with Crippen molar-refractivity contribution >= 4 is 22.9 Å². The molecule has 0 spiro atoms. The molecule has 0 saturated carbocycles. The highest BCUT2D eigenvalue weighted by Crippen LogP contribution is 2.26. The van der Waals surface area contributed by atoms with Crippen molar-refractivity contribution < 1.29 is 24.1 Å². The Bertz CT molecular complexity index is 1100. The van der Waals surface area contributed by atoms with Crippen molar-refractivity contribution in [1.29, 1.82) is 5.26 Å². The Hall–Kier alpha value is -2.68. The lowest BCUT2D eigenvalue weighted by Crippen LogP contribution is -2.38. The zero-order valence-electron chi connectivity index (χ0n) is 15.7. The highest BCUT2D eigenvalue weighted by molar-refractivity contribution is 7.99. The SMILES string of the molecule is CSC(N)CC#N.Cc1ccc(-c2ccc3oc(=O)n(C(O)(O)O)c3c2)cc1F. The van der Waals surface area contributed by atoms with Crippen LogP contribution in [0.5, 0.6) is 0 Å². The van der Waals surface area contributed by atoms with E-state index in [-0.39, 0.29) is 26.9 Å². The number of halogens is 1. The van der Waals surface area contributed by atoms with Gasteiger partial charge in [0.1, 0.15) is 5.82 Å². The fraction of sp³-hybridized carbons (Fsp3) is 0.263. The number of hydrogen-bond donors (Lipinski definition) is 4. The Kier molecular flexibility index (Phi) is 7.18. The normalized spacial score (nSPS) is 12.2. The molecule has 0 aliphatic carbocycles. The van der Waals surface area contributed by atoms with Crippen molar-refractivity contribution in [2.45, 2.75) is 24.8 Å². The number of oxazole rings is 1. The van der Waals surface area contributed by atoms with E-state index in [9.17, 15) is 24.5 Å². The molecule has 3 rings (SSSR count). The monoisotopic (exact) mass is 421 g/mol. The van der Waals surface area contributed by atoms with E-state index in [2.05, 4.69) is 0 Å². The Morgan fingerprint density at radius 1 is 1.28 bits per heavy atom. The van der Waals surface area contributed by atoms with Gasteiger partial charge < -0.3 is 25.5 Å². The lowest BCUT2D eigenvalue weighted by Gasteiger charge is -2.14. The van der Waals surface area contributed by atoms with Crippen LogP contribution < -0.4 is 11.5 Å². The van der Waals surface area contributed by atoms with E-state index in [0.29, 0.717) is 23.1 Å². The number of benzene rings is 2. The number of thioether (sulfide) groups is 1. The fourth-order valence-electron chi connectivity index (χ4n) is 2.43. The third kappa shape index (κ3) is 5.44. The highest BCUT2D eigenvalue weighted by atomic mass is 32.2. The summed E-state index contributed by atoms with van der Waals surface area (Å²) in [6.45, 7) is 1.63. The fourth-order valence-corrected chi connectivity index (χ4v) is 2.67. The van der Waals surface area contributed by atoms with E-state index in [1.54, 1.807) is 25.1 Å². The second-order valence-corrected chi connectivity index (χ2v) is 7.16. The molecule has 10 heteroatoms. The van der Waals surface area contributed by atoms with Crippen molar-refractivity contribution in [2.75, 3.05) is 6.26 Å². The molecule has 0 amide bonds. The minimum Gasteiger partial charge on any atom is -0.408 e. The average molecular weight is 421 g/mol. The van der Waals surface area contributed by atoms with Gasteiger partial charge in [-0.2, -0.15) is 9.83 Å². The molecule has 1 heterocycles. The maximum absolute atomic E-state index is 13.7. The summed E-state index contributed by atoms with van der Waals surface area (Å²) in [4.78, 5) is 11.6. The molecule has 2 aromatic carbocycles. The van der Waals surface area contributed by atoms with E-state index in [4.69, 9.17) is 15.4 Å². The van der Waals surface area contributed by atoms with E-state index < -0.39 is 11.9 Å². The maximum Gasteiger partial charge on any atom is 0.426 e. The van der Waals surface area contributed by atoms with Gasteiger partial charge >= 0.3 is 11.9 Å². The number of aryl methyl sites for hydroxylation is 1. The van der Waals surface area contributed by atoms with Gasteiger partial charge in [-0.15, -0.1) is 11.8 Å². The average Bonchev–Trinajstić information content (AvgIpc) is 2.99. The Balaban J connectivity index is 0.000000370. The number of fused-ring (bicyclic) bond motifs is 1. The number of rotatable bonds is 4. The number of nitrogens with zero attached hydrogens (tertiary/aromatic N) is 2. The smallest absolute Gasteiger partial charge is 0.408 e. The maximum atomic E-state index is 13.7. The molecule has 8 nitrogen and oxygen atoms in total. The molecule has 0 aliphatic rings. The van der Waals surface area contributed by atoms with Gasteiger partial charge in [0.05, 0.1) is 23.4 Å². The largest absolute Gasteiger partial charge is 0.426 e. The van der Waals surface area contributed by atoms with Crippen molar-refractivity contribution in [2.24, 2.45) is 5.73 Å². The van der Waals surface area contributed by atoms with Crippen molar-refractivity contribution in [1.82, 2.24) is 4.57 Å². The summed E-state index contributed by atoms with van der Waals surface area (Å²) in [6.07, 6.45) is -1.05. The number of hydrogen-bond acceptors (Lipinski definition) is 8. The van der Waals surface area contributed by atoms with Crippen LogP contribution in [-0.2, 0) is 6.10 Å². The van der Waals surface area contributed by atoms with Crippen molar-refractivity contribution in [3.05, 3.63) is 58.3 Å². The summed E-state index contributed by atoms with van der Waals surface area (Å²) >= 11 is 1.50. The predicted molar refractivity (Wildman–Crippen MR) is 107 cm³/mol. The first-order valence-corrected chi connectivity index (χ1v) is 9.62. The topological polar surface area (TPSA) is 146 Å². The van der Waals surface area contributed by atoms with E-state index >= 15 is 0 Å². The minimum absolute atomic E-state index is 0.00463. The second kappa shape index (κ2) is 9.21. The first-order chi connectivity index (χ1) is 13.6. The van der Waals surface area contributed by atoms with Gasteiger partial charge in [-0.1, -0.05) is 18.2 Å². The van der Waals surface area contributed by atoms with Gasteiger partial charge in [0.25, 0.3) is 0 Å². The Morgan fingerprint density at radius 2 is 1.90 bits per heavy atom. The van der Waals surface area contributed by atoms with Crippen LogP contribution in [0.3, 0.4) is 0 Å². The van der Waals surface area contributed by atoms with Crippen molar-refractivity contribution in [3.8, 4) is 17.2 Å². The van der Waals surface area contributed by atoms with Crippen molar-refractivity contribution in [3.63, 3.8) is 0 Å². The molecule has 1 atom stereocenters. The van der Waals surface area contributed by atoms with Gasteiger partial charge in [-0.05, 0) is 48.1 Å². The summed E-state index contributed by atoms with van der Waals surface area (Å²) in [7, 11) is 0. The molecule has 0 bridgehead atoms. The van der Waals surface area contributed by atoms with Crippen LogP contribution in [0.25, 0.3) is 22.2 Å². The Morgan fingerprint density at radius 3 is 2.41 bits per heavy atom. The van der Waals surface area contributed by atoms with Gasteiger partial charge in [-0.3, -0.25) is 0 Å². The first-order valence-electron chi connectivity index (χ1n) is 8.33. The first kappa shape index (κ1) is 22.6. The molecule has 5 N–H and O–H groups in total. The quantitative estimate of drug-likeness (QED) is 0.467. The lowest BCUT2D eigenvalue weighted by atomic mass is 10.0. The zero-order valence-corrected chi connectivity index (χ0v) is 16.5. The summed E-state index contributed by atoms with van der Waals surface area (Å²) in [5, 5.41) is 35.8. The molecule has 0 saturated heterocycles. The molecule has 29 heavy (non-hydrogen) atoms. The van der Waals surface area contributed by atoms with E-state index in [1.165, 1.54) is 30.0 Å². The molecule has 154 valence electrons. The summed E-state index contributed by atoms with van der Waals surface area (Å²) in [5.74, 6) is -1.52. The molecular formula is C19H20FN3O5S. The zero-order chi connectivity index (χ0) is 21.8. The van der Waals surface area contributed by atoms with Crippen LogP contribution in [0.1, 0.15) is 12.0 Å².